The summed E-state index contributed by atoms with van der Waals surface area (Å²) >= 11 is 0. The van der Waals surface area contributed by atoms with Gasteiger partial charge in [0.15, 0.2) is 0 Å². The Kier molecular flexibility index (Phi) is 9.06. The van der Waals surface area contributed by atoms with Crippen molar-refractivity contribution in [3.05, 3.63) is 0 Å². The summed E-state index contributed by atoms with van der Waals surface area (Å²) in [5.74, 6) is 0. The lowest BCUT2D eigenvalue weighted by molar-refractivity contribution is 0.104. The van der Waals surface area contributed by atoms with Gasteiger partial charge in [0.05, 0.1) is 6.10 Å². The molecule has 0 amide bonds. The summed E-state index contributed by atoms with van der Waals surface area (Å²) in [6.07, 6.45) is 3.27. The number of nitrogens with one attached hydrogen (secondary N) is 1. The monoisotopic (exact) mass is 216 g/mol. The van der Waals surface area contributed by atoms with E-state index < -0.39 is 0 Å². The molecule has 0 radical (unpaired) electrons. The quantitative estimate of drug-likeness (QED) is 0.573. The molecule has 2 atom stereocenters. The normalized spacial score (nSPS) is 15.6. The number of nitrogens with zero attached hydrogens (tertiary/aromatic N) is 1. The highest BCUT2D eigenvalue weighted by Crippen LogP contribution is 2.04. The molecule has 0 fully saturated rings. The van der Waals surface area contributed by atoms with Gasteiger partial charge in [-0.25, -0.2) is 0 Å². The molecular weight excluding hydrogens is 188 g/mol. The van der Waals surface area contributed by atoms with Crippen LogP contribution in [0.4, 0.5) is 0 Å². The fourth-order valence-electron chi connectivity index (χ4n) is 1.66. The molecule has 0 saturated carbocycles. The first-order valence-electron chi connectivity index (χ1n) is 6.20. The molecule has 0 bridgehead atoms. The van der Waals surface area contributed by atoms with Crippen molar-refractivity contribution in [2.45, 2.75) is 52.2 Å². The van der Waals surface area contributed by atoms with Crippen LogP contribution < -0.4 is 5.32 Å². The lowest BCUT2D eigenvalue weighted by atomic mass is 10.1. The van der Waals surface area contributed by atoms with Crippen molar-refractivity contribution in [2.75, 3.05) is 26.7 Å². The second kappa shape index (κ2) is 9.13. The van der Waals surface area contributed by atoms with E-state index in [1.807, 2.05) is 0 Å². The molecule has 0 rings (SSSR count). The first-order chi connectivity index (χ1) is 7.11. The minimum atomic E-state index is -0.249. The van der Waals surface area contributed by atoms with Crippen LogP contribution in [-0.2, 0) is 0 Å². The Hall–Kier alpha value is -0.120. The molecule has 0 aliphatic heterocycles. The Balaban J connectivity index is 3.60. The summed E-state index contributed by atoms with van der Waals surface area (Å²) < 4.78 is 0. The third kappa shape index (κ3) is 7.77. The van der Waals surface area contributed by atoms with E-state index in [0.717, 1.165) is 19.5 Å². The maximum Gasteiger partial charge on any atom is 0.0791 e. The third-order valence-electron chi connectivity index (χ3n) is 2.76. The maximum atomic E-state index is 9.76. The van der Waals surface area contributed by atoms with Crippen molar-refractivity contribution in [3.8, 4) is 0 Å². The maximum absolute atomic E-state index is 9.76. The van der Waals surface area contributed by atoms with Crippen molar-refractivity contribution >= 4 is 0 Å². The fourth-order valence-corrected chi connectivity index (χ4v) is 1.66. The summed E-state index contributed by atoms with van der Waals surface area (Å²) in [5, 5.41) is 13.0. The zero-order valence-electron chi connectivity index (χ0n) is 10.8. The number of hydrogen-bond donors (Lipinski definition) is 2. The molecule has 0 saturated heterocycles. The molecule has 15 heavy (non-hydrogen) atoms. The molecule has 0 aromatic heterocycles. The van der Waals surface area contributed by atoms with E-state index in [-0.39, 0.29) is 6.10 Å². The van der Waals surface area contributed by atoms with Gasteiger partial charge in [0.25, 0.3) is 0 Å². The van der Waals surface area contributed by atoms with Crippen molar-refractivity contribution in [3.63, 3.8) is 0 Å². The lowest BCUT2D eigenvalue weighted by Gasteiger charge is -2.26. The van der Waals surface area contributed by atoms with E-state index in [1.54, 1.807) is 0 Å². The molecular formula is C12H28N2O. The molecule has 0 aromatic carbocycles. The van der Waals surface area contributed by atoms with Gasteiger partial charge in [-0.3, -0.25) is 0 Å². The van der Waals surface area contributed by atoms with Crippen LogP contribution >= 0.6 is 0 Å². The minimum Gasteiger partial charge on any atom is -0.390 e. The Labute approximate surface area is 94.9 Å². The summed E-state index contributed by atoms with van der Waals surface area (Å²) in [6, 6.07) is 0.566. The topological polar surface area (TPSA) is 35.5 Å². The highest BCUT2D eigenvalue weighted by Gasteiger charge is 2.12. The van der Waals surface area contributed by atoms with Crippen molar-refractivity contribution in [2.24, 2.45) is 0 Å². The van der Waals surface area contributed by atoms with Gasteiger partial charge in [-0.05, 0) is 33.4 Å². The van der Waals surface area contributed by atoms with Crippen LogP contribution in [0.3, 0.4) is 0 Å². The summed E-state index contributed by atoms with van der Waals surface area (Å²) in [4.78, 5) is 2.24. The van der Waals surface area contributed by atoms with Gasteiger partial charge in [-0.15, -0.1) is 0 Å². The van der Waals surface area contributed by atoms with Crippen LogP contribution in [0.2, 0.25) is 0 Å². The van der Waals surface area contributed by atoms with E-state index in [1.165, 1.54) is 12.8 Å². The predicted octanol–water partition coefficient (Wildman–Crippen LogP) is 1.47. The van der Waals surface area contributed by atoms with Crippen molar-refractivity contribution < 1.29 is 5.11 Å². The molecule has 2 unspecified atom stereocenters. The number of aliphatic hydroxyl groups is 1. The van der Waals surface area contributed by atoms with Crippen LogP contribution in [0.15, 0.2) is 0 Å². The predicted molar refractivity (Wildman–Crippen MR) is 66.2 cm³/mol. The van der Waals surface area contributed by atoms with Gasteiger partial charge < -0.3 is 15.3 Å². The van der Waals surface area contributed by atoms with Crippen LogP contribution in [0.5, 0.6) is 0 Å². The second-order valence-electron chi connectivity index (χ2n) is 4.44. The smallest absolute Gasteiger partial charge is 0.0791 e. The summed E-state index contributed by atoms with van der Waals surface area (Å²) in [6.45, 7) is 9.01. The van der Waals surface area contributed by atoms with Crippen LogP contribution in [0.25, 0.3) is 0 Å². The standard InChI is InChI=1S/C12H28N2O/c1-5-7-11(3)14(4)10-12(15)9-13-8-6-2/h11-13,15H,5-10H2,1-4H3. The number of aliphatic hydroxyl groups excluding tert-OH is 1. The van der Waals surface area contributed by atoms with E-state index in [0.29, 0.717) is 12.6 Å². The van der Waals surface area contributed by atoms with Crippen LogP contribution in [-0.4, -0.2) is 48.8 Å². The Morgan fingerprint density at radius 3 is 2.47 bits per heavy atom. The third-order valence-corrected chi connectivity index (χ3v) is 2.76. The van der Waals surface area contributed by atoms with Gasteiger partial charge >= 0.3 is 0 Å². The van der Waals surface area contributed by atoms with Crippen molar-refractivity contribution in [1.82, 2.24) is 10.2 Å². The SMILES string of the molecule is CCCNCC(O)CN(C)C(C)CCC. The molecule has 0 spiro atoms. The molecule has 2 N–H and O–H groups in total. The summed E-state index contributed by atoms with van der Waals surface area (Å²) in [5.41, 5.74) is 0. The fraction of sp³-hybridized carbons (Fsp3) is 1.00. The molecule has 0 aromatic rings. The van der Waals surface area contributed by atoms with Gasteiger partial charge in [0.2, 0.25) is 0 Å². The second-order valence-corrected chi connectivity index (χ2v) is 4.44. The molecule has 3 heteroatoms. The van der Waals surface area contributed by atoms with Crippen LogP contribution in [0.1, 0.15) is 40.0 Å². The average Bonchev–Trinajstić information content (AvgIpc) is 2.18. The van der Waals surface area contributed by atoms with E-state index >= 15 is 0 Å². The molecule has 3 nitrogen and oxygen atoms in total. The van der Waals surface area contributed by atoms with E-state index in [2.05, 4.69) is 38.0 Å². The lowest BCUT2D eigenvalue weighted by Crippen LogP contribution is -2.40. The highest BCUT2D eigenvalue weighted by molar-refractivity contribution is 4.68. The zero-order chi connectivity index (χ0) is 11.7. The van der Waals surface area contributed by atoms with Gasteiger partial charge in [-0.2, -0.15) is 0 Å². The minimum absolute atomic E-state index is 0.249. The van der Waals surface area contributed by atoms with E-state index in [9.17, 15) is 5.11 Å². The number of hydrogen-bond acceptors (Lipinski definition) is 3. The Morgan fingerprint density at radius 2 is 1.93 bits per heavy atom. The summed E-state index contributed by atoms with van der Waals surface area (Å²) in [7, 11) is 2.09. The first kappa shape index (κ1) is 14.9. The van der Waals surface area contributed by atoms with E-state index in [4.69, 9.17) is 0 Å². The van der Waals surface area contributed by atoms with Crippen LogP contribution in [0, 0.1) is 0 Å². The van der Waals surface area contributed by atoms with Gasteiger partial charge in [0, 0.05) is 19.1 Å². The largest absolute Gasteiger partial charge is 0.390 e. The first-order valence-corrected chi connectivity index (χ1v) is 6.20. The Bertz CT molecular complexity index is 142. The van der Waals surface area contributed by atoms with Gasteiger partial charge in [0.1, 0.15) is 0 Å². The van der Waals surface area contributed by atoms with Crippen molar-refractivity contribution in [1.29, 1.82) is 0 Å². The number of rotatable bonds is 9. The molecule has 0 heterocycles. The number of likely N-dealkylation sites (N-methyl/N-ethyl adjacent to an activating group) is 1. The zero-order valence-corrected chi connectivity index (χ0v) is 10.8. The molecule has 92 valence electrons. The average molecular weight is 216 g/mol. The highest BCUT2D eigenvalue weighted by atomic mass is 16.3. The molecule has 0 aliphatic carbocycles. The molecule has 0 aliphatic rings. The Morgan fingerprint density at radius 1 is 1.27 bits per heavy atom. The van der Waals surface area contributed by atoms with Gasteiger partial charge in [-0.1, -0.05) is 20.3 Å².